The van der Waals surface area contributed by atoms with Crippen molar-refractivity contribution >= 4 is 11.3 Å². The second-order valence-electron chi connectivity index (χ2n) is 6.83. The van der Waals surface area contributed by atoms with Crippen molar-refractivity contribution in [3.8, 4) is 0 Å². The summed E-state index contributed by atoms with van der Waals surface area (Å²) in [5, 5.41) is 3.90. The Bertz CT molecular complexity index is 430. The maximum Gasteiger partial charge on any atom is 0.0388 e. The molecular formula is C17H28N2S. The Hall–Kier alpha value is -0.380. The molecule has 0 spiro atoms. The van der Waals surface area contributed by atoms with Gasteiger partial charge in [-0.3, -0.25) is 0 Å². The average molecular weight is 292 g/mol. The molecule has 3 heteroatoms. The van der Waals surface area contributed by atoms with Crippen molar-refractivity contribution < 1.29 is 0 Å². The molecule has 1 saturated heterocycles. The number of thiophene rings is 1. The fourth-order valence-electron chi connectivity index (χ4n) is 3.73. The van der Waals surface area contributed by atoms with Crippen LogP contribution in [0.1, 0.15) is 54.5 Å². The quantitative estimate of drug-likeness (QED) is 0.915. The first-order valence-electron chi connectivity index (χ1n) is 8.19. The molecule has 1 aliphatic carbocycles. The largest absolute Gasteiger partial charge is 0.306 e. The number of piperidine rings is 1. The van der Waals surface area contributed by atoms with E-state index in [1.54, 1.807) is 15.3 Å². The van der Waals surface area contributed by atoms with Gasteiger partial charge in [0.25, 0.3) is 0 Å². The van der Waals surface area contributed by atoms with E-state index in [0.717, 1.165) is 5.92 Å². The molecule has 0 radical (unpaired) electrons. The maximum absolute atomic E-state index is 3.90. The standard InChI is InChI=1S/C17H28N2S/c1-12-11-19(3)9-8-15(12)18-13(2)17-10-14-6-4-5-7-16(14)20-17/h10,12-13,15,18H,4-9,11H2,1-3H3. The number of fused-ring (bicyclic) bond motifs is 1. The topological polar surface area (TPSA) is 15.3 Å². The van der Waals surface area contributed by atoms with Gasteiger partial charge in [-0.05, 0) is 70.2 Å². The second-order valence-corrected chi connectivity index (χ2v) is 8.00. The van der Waals surface area contributed by atoms with E-state index in [9.17, 15) is 0 Å². The normalized spacial score (nSPS) is 29.1. The molecule has 0 bridgehead atoms. The zero-order chi connectivity index (χ0) is 14.1. The third kappa shape index (κ3) is 3.10. The van der Waals surface area contributed by atoms with Gasteiger partial charge in [0.05, 0.1) is 0 Å². The van der Waals surface area contributed by atoms with Gasteiger partial charge < -0.3 is 10.2 Å². The third-order valence-corrected chi connectivity index (χ3v) is 6.43. The summed E-state index contributed by atoms with van der Waals surface area (Å²) < 4.78 is 0. The molecule has 0 amide bonds. The van der Waals surface area contributed by atoms with Gasteiger partial charge in [-0.25, -0.2) is 0 Å². The first-order chi connectivity index (χ1) is 9.63. The van der Waals surface area contributed by atoms with Gasteiger partial charge in [0.2, 0.25) is 0 Å². The minimum absolute atomic E-state index is 0.515. The van der Waals surface area contributed by atoms with Crippen molar-refractivity contribution in [2.24, 2.45) is 5.92 Å². The summed E-state index contributed by atoms with van der Waals surface area (Å²) in [6, 6.07) is 3.68. The molecule has 0 aromatic carbocycles. The van der Waals surface area contributed by atoms with Crippen LogP contribution < -0.4 is 5.32 Å². The van der Waals surface area contributed by atoms with Crippen LogP contribution in [-0.4, -0.2) is 31.1 Å². The van der Waals surface area contributed by atoms with Crippen LogP contribution in [0.5, 0.6) is 0 Å². The summed E-state index contributed by atoms with van der Waals surface area (Å²) in [6.07, 6.45) is 6.69. The van der Waals surface area contributed by atoms with E-state index < -0.39 is 0 Å². The highest BCUT2D eigenvalue weighted by atomic mass is 32.1. The van der Waals surface area contributed by atoms with Crippen LogP contribution in [0.2, 0.25) is 0 Å². The van der Waals surface area contributed by atoms with Crippen LogP contribution >= 0.6 is 11.3 Å². The van der Waals surface area contributed by atoms with E-state index >= 15 is 0 Å². The number of hydrogen-bond donors (Lipinski definition) is 1. The fraction of sp³-hybridized carbons (Fsp3) is 0.765. The third-order valence-electron chi connectivity index (χ3n) is 5.01. The van der Waals surface area contributed by atoms with E-state index in [1.807, 2.05) is 0 Å². The van der Waals surface area contributed by atoms with Crippen molar-refractivity contribution in [1.82, 2.24) is 10.2 Å². The zero-order valence-corrected chi connectivity index (χ0v) is 13.9. The molecule has 2 aliphatic rings. The van der Waals surface area contributed by atoms with Crippen molar-refractivity contribution in [3.63, 3.8) is 0 Å². The van der Waals surface area contributed by atoms with Gasteiger partial charge in [-0.2, -0.15) is 0 Å². The zero-order valence-electron chi connectivity index (χ0n) is 13.1. The van der Waals surface area contributed by atoms with Gasteiger partial charge in [-0.1, -0.05) is 6.92 Å². The molecule has 1 aliphatic heterocycles. The molecule has 20 heavy (non-hydrogen) atoms. The summed E-state index contributed by atoms with van der Waals surface area (Å²) in [7, 11) is 2.24. The Labute approximate surface area is 127 Å². The van der Waals surface area contributed by atoms with Crippen LogP contribution in [0.25, 0.3) is 0 Å². The van der Waals surface area contributed by atoms with Crippen LogP contribution in [0.3, 0.4) is 0 Å². The lowest BCUT2D eigenvalue weighted by atomic mass is 9.93. The Balaban J connectivity index is 1.64. The molecule has 3 atom stereocenters. The van der Waals surface area contributed by atoms with E-state index in [2.05, 4.69) is 48.5 Å². The molecule has 1 aromatic heterocycles. The Morgan fingerprint density at radius 3 is 2.90 bits per heavy atom. The van der Waals surface area contributed by atoms with Gasteiger partial charge in [-0.15, -0.1) is 11.3 Å². The summed E-state index contributed by atoms with van der Waals surface area (Å²) >= 11 is 2.06. The first-order valence-corrected chi connectivity index (χ1v) is 9.01. The molecule has 1 N–H and O–H groups in total. The Kier molecular flexibility index (Phi) is 4.49. The van der Waals surface area contributed by atoms with Gasteiger partial charge in [0.15, 0.2) is 0 Å². The minimum atomic E-state index is 0.515. The molecule has 112 valence electrons. The predicted molar refractivity (Wildman–Crippen MR) is 87.6 cm³/mol. The highest BCUT2D eigenvalue weighted by Gasteiger charge is 2.26. The van der Waals surface area contributed by atoms with E-state index in [1.165, 1.54) is 45.2 Å². The lowest BCUT2D eigenvalue weighted by Crippen LogP contribution is -2.47. The SMILES string of the molecule is CC(NC1CCN(C)CC1C)c1cc2c(s1)CCCC2. The maximum atomic E-state index is 3.90. The summed E-state index contributed by atoms with van der Waals surface area (Å²) in [5.41, 5.74) is 1.64. The number of likely N-dealkylation sites (tertiary alicyclic amines) is 1. The van der Waals surface area contributed by atoms with Gasteiger partial charge >= 0.3 is 0 Å². The van der Waals surface area contributed by atoms with Gasteiger partial charge in [0, 0.05) is 28.4 Å². The smallest absolute Gasteiger partial charge is 0.0388 e. The van der Waals surface area contributed by atoms with Crippen molar-refractivity contribution in [1.29, 1.82) is 0 Å². The van der Waals surface area contributed by atoms with Crippen molar-refractivity contribution in [3.05, 3.63) is 21.4 Å². The number of rotatable bonds is 3. The van der Waals surface area contributed by atoms with Crippen molar-refractivity contribution in [2.75, 3.05) is 20.1 Å². The number of aryl methyl sites for hydroxylation is 2. The number of nitrogens with one attached hydrogen (secondary N) is 1. The lowest BCUT2D eigenvalue weighted by Gasteiger charge is -2.36. The first kappa shape index (κ1) is 14.6. The van der Waals surface area contributed by atoms with Crippen LogP contribution in [0.4, 0.5) is 0 Å². The number of nitrogens with zero attached hydrogens (tertiary/aromatic N) is 1. The highest BCUT2D eigenvalue weighted by Crippen LogP contribution is 2.33. The molecule has 3 unspecified atom stereocenters. The molecule has 1 fully saturated rings. The monoisotopic (exact) mass is 292 g/mol. The van der Waals surface area contributed by atoms with E-state index in [4.69, 9.17) is 0 Å². The van der Waals surface area contributed by atoms with Crippen molar-refractivity contribution in [2.45, 2.75) is 58.0 Å². The molecule has 1 aromatic rings. The Morgan fingerprint density at radius 2 is 2.15 bits per heavy atom. The molecule has 0 saturated carbocycles. The van der Waals surface area contributed by atoms with E-state index in [-0.39, 0.29) is 0 Å². The molecule has 2 nitrogen and oxygen atoms in total. The predicted octanol–water partition coefficient (Wildman–Crippen LogP) is 3.62. The average Bonchev–Trinajstić information content (AvgIpc) is 2.86. The minimum Gasteiger partial charge on any atom is -0.306 e. The van der Waals surface area contributed by atoms with Crippen LogP contribution in [-0.2, 0) is 12.8 Å². The fourth-order valence-corrected chi connectivity index (χ4v) is 5.00. The second kappa shape index (κ2) is 6.17. The molecule has 2 heterocycles. The Morgan fingerprint density at radius 1 is 1.35 bits per heavy atom. The highest BCUT2D eigenvalue weighted by molar-refractivity contribution is 7.12. The number of hydrogen-bond acceptors (Lipinski definition) is 3. The molecule has 3 rings (SSSR count). The van der Waals surface area contributed by atoms with Gasteiger partial charge in [0.1, 0.15) is 0 Å². The molecular weight excluding hydrogens is 264 g/mol. The summed E-state index contributed by atoms with van der Waals surface area (Å²) in [5.74, 6) is 0.755. The lowest BCUT2D eigenvalue weighted by molar-refractivity contribution is 0.168. The summed E-state index contributed by atoms with van der Waals surface area (Å²) in [4.78, 5) is 5.68. The van der Waals surface area contributed by atoms with Crippen LogP contribution in [0.15, 0.2) is 6.07 Å². The summed E-state index contributed by atoms with van der Waals surface area (Å²) in [6.45, 7) is 7.20. The van der Waals surface area contributed by atoms with E-state index in [0.29, 0.717) is 12.1 Å². The van der Waals surface area contributed by atoms with Crippen LogP contribution in [0, 0.1) is 5.92 Å².